The molecule has 1 amide bonds. The number of carbonyl (C=O) groups excluding carboxylic acids is 1. The summed E-state index contributed by atoms with van der Waals surface area (Å²) < 4.78 is 28.6. The fourth-order valence-electron chi connectivity index (χ4n) is 2.29. The number of rotatable bonds is 4. The first-order valence-corrected chi connectivity index (χ1v) is 8.84. The molecular weight excluding hydrogens is 314 g/mol. The highest BCUT2D eigenvalue weighted by atomic mass is 35.5. The van der Waals surface area contributed by atoms with Gasteiger partial charge in [-0.2, -0.15) is 0 Å². The smallest absolute Gasteiger partial charge is 0.261 e. The summed E-state index contributed by atoms with van der Waals surface area (Å²) in [7, 11) is -3.07. The average molecular weight is 332 g/mol. The minimum atomic E-state index is -3.07. The zero-order valence-electron chi connectivity index (χ0n) is 11.9. The van der Waals surface area contributed by atoms with Gasteiger partial charge in [-0.3, -0.25) is 4.79 Å². The Morgan fingerprint density at radius 1 is 1.43 bits per heavy atom. The molecule has 1 saturated heterocycles. The number of para-hydroxylation sites is 1. The van der Waals surface area contributed by atoms with Gasteiger partial charge in [-0.15, -0.1) is 0 Å². The molecule has 116 valence electrons. The Labute approximate surface area is 129 Å². The molecule has 2 unspecified atom stereocenters. The van der Waals surface area contributed by atoms with E-state index in [4.69, 9.17) is 16.3 Å². The number of benzene rings is 1. The molecule has 21 heavy (non-hydrogen) atoms. The third kappa shape index (κ3) is 4.11. The minimum absolute atomic E-state index is 0.0371. The number of ether oxygens (including phenoxy) is 1. The van der Waals surface area contributed by atoms with Crippen molar-refractivity contribution in [3.63, 3.8) is 0 Å². The van der Waals surface area contributed by atoms with Gasteiger partial charge in [0.05, 0.1) is 22.1 Å². The standard InChI is InChI=1S/C14H18ClNO4S/c1-10(20-12-6-4-3-5-11(12)15)13(17)16-14(2)7-8-21(18,19)9-14/h3-6,10H,7-9H2,1-2H3,(H,16,17). The third-order valence-corrected chi connectivity index (χ3v) is 5.65. The Morgan fingerprint density at radius 2 is 2.10 bits per heavy atom. The highest BCUT2D eigenvalue weighted by Gasteiger charge is 2.40. The van der Waals surface area contributed by atoms with Crippen LogP contribution in [0.4, 0.5) is 0 Å². The topological polar surface area (TPSA) is 72.5 Å². The van der Waals surface area contributed by atoms with Crippen LogP contribution < -0.4 is 10.1 Å². The molecule has 0 saturated carbocycles. The van der Waals surface area contributed by atoms with Gasteiger partial charge in [-0.1, -0.05) is 23.7 Å². The highest BCUT2D eigenvalue weighted by Crippen LogP contribution is 2.25. The lowest BCUT2D eigenvalue weighted by molar-refractivity contribution is -0.128. The van der Waals surface area contributed by atoms with Crippen molar-refractivity contribution in [3.8, 4) is 5.75 Å². The average Bonchev–Trinajstić information content (AvgIpc) is 2.66. The number of halogens is 1. The summed E-state index contributed by atoms with van der Waals surface area (Å²) in [5.74, 6) is 0.134. The van der Waals surface area contributed by atoms with Gasteiger partial charge in [0.15, 0.2) is 15.9 Å². The van der Waals surface area contributed by atoms with Crippen LogP contribution in [-0.2, 0) is 14.6 Å². The van der Waals surface area contributed by atoms with E-state index in [1.54, 1.807) is 38.1 Å². The zero-order valence-corrected chi connectivity index (χ0v) is 13.5. The SMILES string of the molecule is CC(Oc1ccccc1Cl)C(=O)NC1(C)CCS(=O)(=O)C1. The number of hydrogen-bond acceptors (Lipinski definition) is 4. The van der Waals surface area contributed by atoms with Crippen molar-refractivity contribution in [2.45, 2.75) is 31.9 Å². The van der Waals surface area contributed by atoms with Crippen molar-refractivity contribution in [3.05, 3.63) is 29.3 Å². The van der Waals surface area contributed by atoms with E-state index in [1.165, 1.54) is 0 Å². The van der Waals surface area contributed by atoms with Gasteiger partial charge >= 0.3 is 0 Å². The van der Waals surface area contributed by atoms with Crippen LogP contribution in [0.3, 0.4) is 0 Å². The van der Waals surface area contributed by atoms with Crippen LogP contribution in [0.5, 0.6) is 5.75 Å². The molecule has 0 bridgehead atoms. The second kappa shape index (κ2) is 5.85. The van der Waals surface area contributed by atoms with Gasteiger partial charge in [0.25, 0.3) is 5.91 Å². The van der Waals surface area contributed by atoms with Crippen LogP contribution in [0.2, 0.25) is 5.02 Å². The van der Waals surface area contributed by atoms with E-state index >= 15 is 0 Å². The fraction of sp³-hybridized carbons (Fsp3) is 0.500. The molecule has 1 fully saturated rings. The minimum Gasteiger partial charge on any atom is -0.479 e. The highest BCUT2D eigenvalue weighted by molar-refractivity contribution is 7.91. The molecule has 1 aromatic rings. The van der Waals surface area contributed by atoms with E-state index in [-0.39, 0.29) is 17.4 Å². The van der Waals surface area contributed by atoms with E-state index in [0.717, 1.165) is 0 Å². The van der Waals surface area contributed by atoms with Crippen molar-refractivity contribution in [2.24, 2.45) is 0 Å². The Hall–Kier alpha value is -1.27. The molecule has 1 heterocycles. The number of carbonyl (C=O) groups is 1. The summed E-state index contributed by atoms with van der Waals surface area (Å²) in [4.78, 5) is 12.2. The Balaban J connectivity index is 1.99. The molecule has 0 spiro atoms. The predicted octanol–water partition coefficient (Wildman–Crippen LogP) is 1.80. The third-order valence-electron chi connectivity index (χ3n) is 3.44. The first kappa shape index (κ1) is 16.1. The Morgan fingerprint density at radius 3 is 2.67 bits per heavy atom. The number of hydrogen-bond donors (Lipinski definition) is 1. The Bertz CT molecular complexity index is 646. The lowest BCUT2D eigenvalue weighted by Gasteiger charge is -2.26. The maximum absolute atomic E-state index is 12.2. The van der Waals surface area contributed by atoms with E-state index in [2.05, 4.69) is 5.32 Å². The zero-order chi connectivity index (χ0) is 15.7. The maximum atomic E-state index is 12.2. The molecule has 1 aromatic carbocycles. The summed E-state index contributed by atoms with van der Waals surface area (Å²) >= 11 is 5.97. The van der Waals surface area contributed by atoms with Gasteiger partial charge in [-0.05, 0) is 32.4 Å². The Kier molecular flexibility index (Phi) is 4.49. The second-order valence-electron chi connectivity index (χ2n) is 5.58. The van der Waals surface area contributed by atoms with Crippen LogP contribution >= 0.6 is 11.6 Å². The molecule has 2 atom stereocenters. The van der Waals surface area contributed by atoms with Crippen LogP contribution in [-0.4, -0.2) is 37.5 Å². The molecule has 1 aliphatic heterocycles. The normalized spacial score (nSPS) is 25.3. The first-order chi connectivity index (χ1) is 9.71. The number of amides is 1. The molecule has 0 radical (unpaired) electrons. The summed E-state index contributed by atoms with van der Waals surface area (Å²) in [6.07, 6.45) is -0.343. The quantitative estimate of drug-likeness (QED) is 0.913. The van der Waals surface area contributed by atoms with Gasteiger partial charge < -0.3 is 10.1 Å². The number of sulfone groups is 1. The lowest BCUT2D eigenvalue weighted by atomic mass is 10.0. The van der Waals surface area contributed by atoms with Gasteiger partial charge in [0, 0.05) is 0 Å². The molecule has 7 heteroatoms. The van der Waals surface area contributed by atoms with Crippen LogP contribution in [0, 0.1) is 0 Å². The molecule has 5 nitrogen and oxygen atoms in total. The predicted molar refractivity (Wildman–Crippen MR) is 81.4 cm³/mol. The molecular formula is C14H18ClNO4S. The summed E-state index contributed by atoms with van der Waals surface area (Å²) in [6.45, 7) is 3.34. The van der Waals surface area contributed by atoms with Crippen molar-refractivity contribution >= 4 is 27.3 Å². The number of nitrogens with one attached hydrogen (secondary N) is 1. The van der Waals surface area contributed by atoms with Gasteiger partial charge in [-0.25, -0.2) is 8.42 Å². The largest absolute Gasteiger partial charge is 0.479 e. The van der Waals surface area contributed by atoms with Crippen molar-refractivity contribution in [1.29, 1.82) is 0 Å². The summed E-state index contributed by atoms with van der Waals surface area (Å²) in [6, 6.07) is 6.88. The van der Waals surface area contributed by atoms with Crippen molar-refractivity contribution < 1.29 is 17.9 Å². The molecule has 0 aromatic heterocycles. The molecule has 0 aliphatic carbocycles. The van der Waals surface area contributed by atoms with Gasteiger partial charge in [0.1, 0.15) is 5.75 Å². The fourth-order valence-corrected chi connectivity index (χ4v) is 4.57. The molecule has 2 rings (SSSR count). The van der Waals surface area contributed by atoms with Crippen molar-refractivity contribution in [2.75, 3.05) is 11.5 Å². The van der Waals surface area contributed by atoms with Crippen LogP contribution in [0.15, 0.2) is 24.3 Å². The first-order valence-electron chi connectivity index (χ1n) is 6.64. The maximum Gasteiger partial charge on any atom is 0.261 e. The van der Waals surface area contributed by atoms with E-state index in [0.29, 0.717) is 17.2 Å². The van der Waals surface area contributed by atoms with E-state index in [1.807, 2.05) is 0 Å². The lowest BCUT2D eigenvalue weighted by Crippen LogP contribution is -2.51. The van der Waals surface area contributed by atoms with E-state index in [9.17, 15) is 13.2 Å². The second-order valence-corrected chi connectivity index (χ2v) is 8.17. The van der Waals surface area contributed by atoms with Gasteiger partial charge in [0.2, 0.25) is 0 Å². The summed E-state index contributed by atoms with van der Waals surface area (Å²) in [5.41, 5.74) is -0.728. The van der Waals surface area contributed by atoms with Crippen molar-refractivity contribution in [1.82, 2.24) is 5.32 Å². The van der Waals surface area contributed by atoms with Crippen LogP contribution in [0.1, 0.15) is 20.3 Å². The summed E-state index contributed by atoms with van der Waals surface area (Å²) in [5, 5.41) is 3.19. The van der Waals surface area contributed by atoms with E-state index < -0.39 is 21.5 Å². The van der Waals surface area contributed by atoms with Crippen LogP contribution in [0.25, 0.3) is 0 Å². The monoisotopic (exact) mass is 331 g/mol. The molecule has 1 aliphatic rings. The molecule has 1 N–H and O–H groups in total.